The molecule has 0 aliphatic carbocycles. The van der Waals surface area contributed by atoms with Gasteiger partial charge in [-0.2, -0.15) is 0 Å². The van der Waals surface area contributed by atoms with Crippen molar-refractivity contribution in [1.82, 2.24) is 4.98 Å². The van der Waals surface area contributed by atoms with Gasteiger partial charge in [0.2, 0.25) is 5.88 Å². The molecule has 0 aliphatic rings. The number of carbonyl (C=O) groups excluding carboxylic acids is 1. The Hall–Kier alpha value is -1.82. The van der Waals surface area contributed by atoms with Crippen molar-refractivity contribution in [2.45, 2.75) is 19.4 Å². The second kappa shape index (κ2) is 6.94. The minimum Gasteiger partial charge on any atom is -0.496 e. The zero-order valence-corrected chi connectivity index (χ0v) is 11.7. The fraction of sp³-hybridized carbons (Fsp3) is 0.538. The van der Waals surface area contributed by atoms with Crippen molar-refractivity contribution in [1.29, 1.82) is 0 Å². The summed E-state index contributed by atoms with van der Waals surface area (Å²) in [6.07, 6.45) is 2.00. The largest absolute Gasteiger partial charge is 0.496 e. The maximum atomic E-state index is 11.4. The fourth-order valence-corrected chi connectivity index (χ4v) is 1.92. The van der Waals surface area contributed by atoms with Crippen LogP contribution in [0, 0.1) is 5.92 Å². The summed E-state index contributed by atoms with van der Waals surface area (Å²) in [6, 6.07) is 1.29. The molecule has 19 heavy (non-hydrogen) atoms. The van der Waals surface area contributed by atoms with Crippen LogP contribution in [0.4, 0.5) is 0 Å². The fourth-order valence-electron chi connectivity index (χ4n) is 1.92. The molecular weight excluding hydrogens is 248 g/mol. The highest BCUT2D eigenvalue weighted by atomic mass is 16.5. The predicted molar refractivity (Wildman–Crippen MR) is 70.1 cm³/mol. The minimum absolute atomic E-state index is 0.294. The molecule has 0 amide bonds. The Labute approximate surface area is 112 Å². The molecule has 0 saturated carbocycles. The Kier molecular flexibility index (Phi) is 5.57. The van der Waals surface area contributed by atoms with E-state index in [1.807, 2.05) is 0 Å². The van der Waals surface area contributed by atoms with Crippen molar-refractivity contribution < 1.29 is 19.0 Å². The summed E-state index contributed by atoms with van der Waals surface area (Å²) in [7, 11) is 4.42. The molecule has 0 radical (unpaired) electrons. The van der Waals surface area contributed by atoms with E-state index in [1.54, 1.807) is 26.3 Å². The maximum absolute atomic E-state index is 11.4. The second-order valence-electron chi connectivity index (χ2n) is 4.20. The lowest BCUT2D eigenvalue weighted by Crippen LogP contribution is -2.21. The van der Waals surface area contributed by atoms with Crippen LogP contribution in [0.2, 0.25) is 0 Å². The molecular formula is C13H20N2O4. The van der Waals surface area contributed by atoms with Gasteiger partial charge in [-0.15, -0.1) is 0 Å². The summed E-state index contributed by atoms with van der Waals surface area (Å²) < 4.78 is 15.1. The van der Waals surface area contributed by atoms with E-state index in [-0.39, 0.29) is 11.9 Å². The van der Waals surface area contributed by atoms with Crippen LogP contribution in [-0.2, 0) is 9.53 Å². The minimum atomic E-state index is -0.423. The second-order valence-corrected chi connectivity index (χ2v) is 4.20. The number of methoxy groups -OCH3 is 3. The van der Waals surface area contributed by atoms with Gasteiger partial charge in [-0.1, -0.05) is 6.92 Å². The Balaban J connectivity index is 2.98. The van der Waals surface area contributed by atoms with Gasteiger partial charge in [0.1, 0.15) is 5.75 Å². The number of hydrogen-bond donors (Lipinski definition) is 1. The molecule has 6 heteroatoms. The molecule has 1 aromatic rings. The van der Waals surface area contributed by atoms with Crippen LogP contribution in [0.3, 0.4) is 0 Å². The SMILES string of the molecule is COC(=O)C(C)CC(N)c1c(OC)ccnc1OC. The summed E-state index contributed by atoms with van der Waals surface area (Å²) in [5.41, 5.74) is 6.79. The molecule has 0 spiro atoms. The van der Waals surface area contributed by atoms with E-state index in [0.29, 0.717) is 23.6 Å². The lowest BCUT2D eigenvalue weighted by molar-refractivity contribution is -0.145. The number of ether oxygens (including phenoxy) is 3. The van der Waals surface area contributed by atoms with Crippen LogP contribution in [-0.4, -0.2) is 32.3 Å². The molecule has 106 valence electrons. The van der Waals surface area contributed by atoms with Gasteiger partial charge in [0.25, 0.3) is 0 Å². The lowest BCUT2D eigenvalue weighted by Gasteiger charge is -2.19. The van der Waals surface area contributed by atoms with Gasteiger partial charge in [-0.05, 0) is 12.5 Å². The molecule has 1 heterocycles. The third-order valence-electron chi connectivity index (χ3n) is 2.91. The van der Waals surface area contributed by atoms with Crippen molar-refractivity contribution >= 4 is 5.97 Å². The van der Waals surface area contributed by atoms with E-state index < -0.39 is 6.04 Å². The van der Waals surface area contributed by atoms with Crippen LogP contribution in [0.15, 0.2) is 12.3 Å². The predicted octanol–water partition coefficient (Wildman–Crippen LogP) is 1.30. The lowest BCUT2D eigenvalue weighted by atomic mass is 9.96. The standard InChI is InChI=1S/C13H20N2O4/c1-8(13(16)19-4)7-9(14)11-10(17-2)5-6-15-12(11)18-3/h5-6,8-9H,7,14H2,1-4H3. The topological polar surface area (TPSA) is 83.7 Å². The highest BCUT2D eigenvalue weighted by molar-refractivity contribution is 5.71. The van der Waals surface area contributed by atoms with Crippen molar-refractivity contribution in [3.8, 4) is 11.6 Å². The van der Waals surface area contributed by atoms with Crippen molar-refractivity contribution in [2.75, 3.05) is 21.3 Å². The smallest absolute Gasteiger partial charge is 0.308 e. The molecule has 0 saturated heterocycles. The summed E-state index contributed by atoms with van der Waals surface area (Å²) in [6.45, 7) is 1.76. The van der Waals surface area contributed by atoms with Gasteiger partial charge >= 0.3 is 5.97 Å². The van der Waals surface area contributed by atoms with Crippen molar-refractivity contribution in [3.05, 3.63) is 17.8 Å². The number of nitrogens with two attached hydrogens (primary N) is 1. The van der Waals surface area contributed by atoms with Crippen LogP contribution in [0.1, 0.15) is 24.9 Å². The third-order valence-corrected chi connectivity index (χ3v) is 2.91. The number of nitrogens with zero attached hydrogens (tertiary/aromatic N) is 1. The van der Waals surface area contributed by atoms with E-state index in [9.17, 15) is 4.79 Å². The van der Waals surface area contributed by atoms with Gasteiger partial charge in [-0.3, -0.25) is 4.79 Å². The quantitative estimate of drug-likeness (QED) is 0.783. The van der Waals surface area contributed by atoms with Gasteiger partial charge in [0.05, 0.1) is 32.8 Å². The first-order valence-electron chi connectivity index (χ1n) is 5.95. The molecule has 2 N–H and O–H groups in total. The molecule has 2 unspecified atom stereocenters. The third kappa shape index (κ3) is 3.57. The maximum Gasteiger partial charge on any atom is 0.308 e. The molecule has 0 fully saturated rings. The highest BCUT2D eigenvalue weighted by Crippen LogP contribution is 2.33. The van der Waals surface area contributed by atoms with Crippen molar-refractivity contribution in [2.24, 2.45) is 11.7 Å². The normalized spacial score (nSPS) is 13.5. The Morgan fingerprint density at radius 1 is 1.37 bits per heavy atom. The first-order chi connectivity index (χ1) is 9.04. The summed E-state index contributed by atoms with van der Waals surface area (Å²) in [5, 5.41) is 0. The molecule has 0 aromatic carbocycles. The monoisotopic (exact) mass is 268 g/mol. The Morgan fingerprint density at radius 3 is 2.58 bits per heavy atom. The summed E-state index contributed by atoms with van der Waals surface area (Å²) in [5.74, 6) is 0.396. The summed E-state index contributed by atoms with van der Waals surface area (Å²) >= 11 is 0. The zero-order chi connectivity index (χ0) is 14.4. The summed E-state index contributed by atoms with van der Waals surface area (Å²) in [4.78, 5) is 15.5. The number of rotatable bonds is 6. The first-order valence-corrected chi connectivity index (χ1v) is 5.95. The molecule has 0 bridgehead atoms. The molecule has 1 rings (SSSR count). The van der Waals surface area contributed by atoms with E-state index in [1.165, 1.54) is 14.2 Å². The highest BCUT2D eigenvalue weighted by Gasteiger charge is 2.24. The number of carbonyl (C=O) groups is 1. The van der Waals surface area contributed by atoms with Gasteiger partial charge in [-0.25, -0.2) is 4.98 Å². The van der Waals surface area contributed by atoms with Crippen molar-refractivity contribution in [3.63, 3.8) is 0 Å². The van der Waals surface area contributed by atoms with Crippen LogP contribution < -0.4 is 15.2 Å². The Morgan fingerprint density at radius 2 is 2.05 bits per heavy atom. The van der Waals surface area contributed by atoms with E-state index >= 15 is 0 Å². The van der Waals surface area contributed by atoms with Gasteiger partial charge < -0.3 is 19.9 Å². The molecule has 0 aliphatic heterocycles. The Bertz CT molecular complexity index is 414. The van der Waals surface area contributed by atoms with Gasteiger partial charge in [0, 0.05) is 12.2 Å². The number of pyridine rings is 1. The molecule has 1 aromatic heterocycles. The number of esters is 1. The first kappa shape index (κ1) is 15.2. The number of hydrogen-bond acceptors (Lipinski definition) is 6. The average Bonchev–Trinajstić information content (AvgIpc) is 2.44. The van der Waals surface area contributed by atoms with Crippen LogP contribution in [0.25, 0.3) is 0 Å². The zero-order valence-electron chi connectivity index (χ0n) is 11.7. The van der Waals surface area contributed by atoms with Gasteiger partial charge in [0.15, 0.2) is 0 Å². The van der Waals surface area contributed by atoms with Crippen LogP contribution in [0.5, 0.6) is 11.6 Å². The van der Waals surface area contributed by atoms with E-state index in [4.69, 9.17) is 15.2 Å². The number of aromatic nitrogens is 1. The van der Waals surface area contributed by atoms with E-state index in [2.05, 4.69) is 9.72 Å². The van der Waals surface area contributed by atoms with Crippen LogP contribution >= 0.6 is 0 Å². The molecule has 2 atom stereocenters. The molecule has 6 nitrogen and oxygen atoms in total. The van der Waals surface area contributed by atoms with E-state index in [0.717, 1.165) is 0 Å². The average molecular weight is 268 g/mol.